The number of benzene rings is 2. The minimum absolute atomic E-state index is 0.276. The number of hydrogen-bond donors (Lipinski definition) is 0. The zero-order chi connectivity index (χ0) is 24.8. The molecule has 0 bridgehead atoms. The van der Waals surface area contributed by atoms with Gasteiger partial charge < -0.3 is 18.9 Å². The Kier molecular flexibility index (Phi) is 11.6. The van der Waals surface area contributed by atoms with Gasteiger partial charge in [0.15, 0.2) is 0 Å². The van der Waals surface area contributed by atoms with Crippen LogP contribution in [0.3, 0.4) is 0 Å². The zero-order valence-corrected chi connectivity index (χ0v) is 21.6. The average Bonchev–Trinajstić information content (AvgIpc) is 2.87. The average molecular weight is 483 g/mol. The second kappa shape index (κ2) is 14.9. The molecule has 35 heavy (non-hydrogen) atoms. The van der Waals surface area contributed by atoms with Gasteiger partial charge in [0.2, 0.25) is 0 Å². The number of methoxy groups -OCH3 is 1. The van der Waals surface area contributed by atoms with Crippen molar-refractivity contribution in [3.05, 3.63) is 54.1 Å². The third-order valence-electron chi connectivity index (χ3n) is 6.55. The van der Waals surface area contributed by atoms with E-state index in [1.165, 1.54) is 58.5 Å². The highest BCUT2D eigenvalue weighted by molar-refractivity contribution is 5.89. The Morgan fingerprint density at radius 3 is 1.80 bits per heavy atom. The molecule has 0 amide bonds. The van der Waals surface area contributed by atoms with E-state index in [1.807, 2.05) is 24.3 Å². The van der Waals surface area contributed by atoms with Crippen LogP contribution in [0.1, 0.15) is 75.1 Å². The van der Waals surface area contributed by atoms with Gasteiger partial charge in [-0.05, 0) is 48.2 Å². The molecule has 192 valence electrons. The molecule has 2 aromatic carbocycles. The van der Waals surface area contributed by atoms with E-state index in [0.717, 1.165) is 56.3 Å². The van der Waals surface area contributed by atoms with Crippen molar-refractivity contribution in [3.8, 4) is 16.9 Å². The van der Waals surface area contributed by atoms with Crippen LogP contribution in [0.5, 0.6) is 5.75 Å². The Morgan fingerprint density at radius 2 is 1.29 bits per heavy atom. The summed E-state index contributed by atoms with van der Waals surface area (Å²) in [4.78, 5) is 11.6. The molecule has 5 nitrogen and oxygen atoms in total. The number of hydrogen-bond acceptors (Lipinski definition) is 5. The molecule has 5 heteroatoms. The summed E-state index contributed by atoms with van der Waals surface area (Å²) in [7, 11) is 1.39. The normalized spacial score (nSPS) is 14.3. The third-order valence-corrected chi connectivity index (χ3v) is 6.55. The van der Waals surface area contributed by atoms with Gasteiger partial charge in [-0.25, -0.2) is 4.79 Å². The fourth-order valence-corrected chi connectivity index (χ4v) is 4.25. The van der Waals surface area contributed by atoms with Gasteiger partial charge in [-0.2, -0.15) is 0 Å². The fourth-order valence-electron chi connectivity index (χ4n) is 4.25. The molecule has 1 saturated heterocycles. The maximum atomic E-state index is 11.6. The maximum absolute atomic E-state index is 11.6. The molecule has 0 saturated carbocycles. The Bertz CT molecular complexity index is 855. The van der Waals surface area contributed by atoms with E-state index < -0.39 is 0 Å². The topological polar surface area (TPSA) is 54.0 Å². The molecule has 1 aliphatic rings. The summed E-state index contributed by atoms with van der Waals surface area (Å²) in [5.74, 6) is 0.584. The largest absolute Gasteiger partial charge is 0.494 e. The second-order valence-electron chi connectivity index (χ2n) is 9.98. The first-order chi connectivity index (χ1) is 17.1. The minimum Gasteiger partial charge on any atom is -0.494 e. The van der Waals surface area contributed by atoms with Crippen LogP contribution in [0.15, 0.2) is 48.5 Å². The Balaban J connectivity index is 1.15. The predicted octanol–water partition coefficient (Wildman–Crippen LogP) is 7.08. The van der Waals surface area contributed by atoms with E-state index in [1.54, 1.807) is 12.1 Å². The number of carbonyl (C=O) groups excluding carboxylic acids is 1. The van der Waals surface area contributed by atoms with E-state index in [2.05, 4.69) is 19.1 Å². The van der Waals surface area contributed by atoms with E-state index in [0.29, 0.717) is 5.56 Å². The van der Waals surface area contributed by atoms with Crippen molar-refractivity contribution < 1.29 is 23.7 Å². The van der Waals surface area contributed by atoms with Gasteiger partial charge in [0.25, 0.3) is 0 Å². The first-order valence-corrected chi connectivity index (χ1v) is 13.2. The van der Waals surface area contributed by atoms with Gasteiger partial charge in [-0.1, -0.05) is 76.1 Å². The van der Waals surface area contributed by atoms with E-state index in [-0.39, 0.29) is 11.4 Å². The quantitative estimate of drug-likeness (QED) is 0.178. The summed E-state index contributed by atoms with van der Waals surface area (Å²) >= 11 is 0. The highest BCUT2D eigenvalue weighted by Crippen LogP contribution is 2.26. The van der Waals surface area contributed by atoms with Crippen LogP contribution >= 0.6 is 0 Å². The van der Waals surface area contributed by atoms with Crippen molar-refractivity contribution in [2.24, 2.45) is 5.41 Å². The second-order valence-corrected chi connectivity index (χ2v) is 9.98. The molecule has 0 spiro atoms. The van der Waals surface area contributed by atoms with Crippen molar-refractivity contribution in [1.29, 1.82) is 0 Å². The SMILES string of the molecule is COC(=O)c1ccc(-c2ccc(OCCCCCCCCCCCOCC3(C)COC3)cc2)cc1. The van der Waals surface area contributed by atoms with Crippen molar-refractivity contribution in [2.75, 3.05) is 40.1 Å². The van der Waals surface area contributed by atoms with Crippen molar-refractivity contribution in [3.63, 3.8) is 0 Å². The van der Waals surface area contributed by atoms with Gasteiger partial charge in [0.05, 0.1) is 39.1 Å². The molecule has 0 aromatic heterocycles. The summed E-state index contributed by atoms with van der Waals surface area (Å²) in [6, 6.07) is 15.6. The molecule has 2 aromatic rings. The van der Waals surface area contributed by atoms with Crippen LogP contribution in [0, 0.1) is 5.41 Å². The van der Waals surface area contributed by atoms with E-state index in [9.17, 15) is 4.79 Å². The van der Waals surface area contributed by atoms with Crippen LogP contribution in [-0.2, 0) is 14.2 Å². The van der Waals surface area contributed by atoms with Gasteiger partial charge in [0, 0.05) is 12.0 Å². The zero-order valence-electron chi connectivity index (χ0n) is 21.6. The molecule has 1 fully saturated rings. The molecular formula is C30H42O5. The van der Waals surface area contributed by atoms with Gasteiger partial charge in [0.1, 0.15) is 5.75 Å². The summed E-state index contributed by atoms with van der Waals surface area (Å²) in [6.07, 6.45) is 11.4. The highest BCUT2D eigenvalue weighted by Gasteiger charge is 2.33. The number of ether oxygens (including phenoxy) is 4. The Labute approximate surface area is 211 Å². The van der Waals surface area contributed by atoms with Crippen molar-refractivity contribution in [1.82, 2.24) is 0 Å². The summed E-state index contributed by atoms with van der Waals surface area (Å²) in [6.45, 7) is 6.43. The standard InChI is InChI=1S/C30H42O5/c1-30(23-34-24-30)22-33-20-10-8-6-4-3-5-7-9-11-21-35-28-18-16-26(17-19-28)25-12-14-27(15-13-25)29(31)32-2/h12-19H,3-11,20-24H2,1-2H3. The third kappa shape index (κ3) is 9.65. The fraction of sp³-hybridized carbons (Fsp3) is 0.567. The number of rotatable bonds is 17. The van der Waals surface area contributed by atoms with Crippen LogP contribution in [0.25, 0.3) is 11.1 Å². The molecule has 0 unspecified atom stereocenters. The monoisotopic (exact) mass is 482 g/mol. The molecule has 0 atom stereocenters. The maximum Gasteiger partial charge on any atom is 0.337 e. The number of unbranched alkanes of at least 4 members (excludes halogenated alkanes) is 8. The van der Waals surface area contributed by atoms with Crippen LogP contribution in [-0.4, -0.2) is 46.1 Å². The van der Waals surface area contributed by atoms with Gasteiger partial charge in [-0.3, -0.25) is 0 Å². The summed E-state index contributed by atoms with van der Waals surface area (Å²) in [5.41, 5.74) is 2.99. The molecule has 0 N–H and O–H groups in total. The predicted molar refractivity (Wildman–Crippen MR) is 140 cm³/mol. The Hall–Kier alpha value is -2.37. The lowest BCUT2D eigenvalue weighted by Crippen LogP contribution is -2.43. The highest BCUT2D eigenvalue weighted by atomic mass is 16.5. The van der Waals surface area contributed by atoms with Crippen LogP contribution in [0.2, 0.25) is 0 Å². The molecule has 1 heterocycles. The lowest BCUT2D eigenvalue weighted by atomic mass is 9.90. The first-order valence-electron chi connectivity index (χ1n) is 13.2. The molecule has 0 radical (unpaired) electrons. The molecule has 1 aliphatic heterocycles. The molecule has 0 aliphatic carbocycles. The lowest BCUT2D eigenvalue weighted by molar-refractivity contribution is -0.137. The van der Waals surface area contributed by atoms with Gasteiger partial charge in [-0.15, -0.1) is 0 Å². The summed E-state index contributed by atoms with van der Waals surface area (Å²) < 4.78 is 21.7. The van der Waals surface area contributed by atoms with Crippen LogP contribution < -0.4 is 4.74 Å². The van der Waals surface area contributed by atoms with Crippen molar-refractivity contribution >= 4 is 5.97 Å². The van der Waals surface area contributed by atoms with Crippen LogP contribution in [0.4, 0.5) is 0 Å². The molecular weight excluding hydrogens is 440 g/mol. The van der Waals surface area contributed by atoms with E-state index >= 15 is 0 Å². The van der Waals surface area contributed by atoms with E-state index in [4.69, 9.17) is 18.9 Å². The first kappa shape index (κ1) is 27.2. The Morgan fingerprint density at radius 1 is 0.771 bits per heavy atom. The number of carbonyl (C=O) groups is 1. The van der Waals surface area contributed by atoms with Crippen molar-refractivity contribution in [2.45, 2.75) is 64.7 Å². The van der Waals surface area contributed by atoms with Gasteiger partial charge >= 0.3 is 5.97 Å². The lowest BCUT2D eigenvalue weighted by Gasteiger charge is -2.37. The minimum atomic E-state index is -0.317. The molecule has 3 rings (SSSR count). The number of esters is 1. The smallest absolute Gasteiger partial charge is 0.337 e. The summed E-state index contributed by atoms with van der Waals surface area (Å²) in [5, 5.41) is 0.